The molecule has 0 saturated carbocycles. The lowest BCUT2D eigenvalue weighted by molar-refractivity contribution is 0.0441. The molecule has 19 heavy (non-hydrogen) atoms. The highest BCUT2D eigenvalue weighted by atomic mass is 79.9. The van der Waals surface area contributed by atoms with Gasteiger partial charge in [0.05, 0.1) is 5.54 Å². The second-order valence-electron chi connectivity index (χ2n) is 4.61. The Morgan fingerprint density at radius 2 is 2.00 bits per heavy atom. The van der Waals surface area contributed by atoms with Crippen molar-refractivity contribution in [2.75, 3.05) is 18.5 Å². The van der Waals surface area contributed by atoms with Crippen molar-refractivity contribution < 1.29 is 18.3 Å². The van der Waals surface area contributed by atoms with Gasteiger partial charge in [-0.2, -0.15) is 0 Å². The van der Waals surface area contributed by atoms with Gasteiger partial charge in [0, 0.05) is 24.1 Å². The second-order valence-corrected chi connectivity index (χ2v) is 5.17. The SMILES string of the molecule is O=C(NC1(CBr)CCOCC1)c1ccc(F)c(F)c1. The molecule has 1 aliphatic heterocycles. The van der Waals surface area contributed by atoms with Crippen LogP contribution in [0.3, 0.4) is 0 Å². The number of hydrogen-bond donors (Lipinski definition) is 1. The molecule has 1 saturated heterocycles. The van der Waals surface area contributed by atoms with E-state index in [9.17, 15) is 13.6 Å². The lowest BCUT2D eigenvalue weighted by Gasteiger charge is -2.36. The molecule has 0 atom stereocenters. The van der Waals surface area contributed by atoms with E-state index in [-0.39, 0.29) is 11.1 Å². The van der Waals surface area contributed by atoms with E-state index in [1.54, 1.807) is 0 Å². The molecule has 0 bridgehead atoms. The predicted octanol–water partition coefficient (Wildman–Crippen LogP) is 2.64. The lowest BCUT2D eigenvalue weighted by Crippen LogP contribution is -2.53. The zero-order valence-electron chi connectivity index (χ0n) is 10.2. The number of benzene rings is 1. The third-order valence-corrected chi connectivity index (χ3v) is 4.34. The smallest absolute Gasteiger partial charge is 0.251 e. The van der Waals surface area contributed by atoms with Crippen LogP contribution in [0, 0.1) is 11.6 Å². The van der Waals surface area contributed by atoms with E-state index in [1.807, 2.05) is 0 Å². The van der Waals surface area contributed by atoms with E-state index in [4.69, 9.17) is 4.74 Å². The first-order valence-electron chi connectivity index (χ1n) is 5.98. The average molecular weight is 334 g/mol. The second kappa shape index (κ2) is 5.96. The summed E-state index contributed by atoms with van der Waals surface area (Å²) in [6.45, 7) is 1.15. The van der Waals surface area contributed by atoms with E-state index in [2.05, 4.69) is 21.2 Å². The largest absolute Gasteiger partial charge is 0.381 e. The predicted molar refractivity (Wildman–Crippen MR) is 70.4 cm³/mol. The number of alkyl halides is 1. The molecular formula is C13H14BrF2NO2. The molecule has 6 heteroatoms. The van der Waals surface area contributed by atoms with Crippen molar-refractivity contribution in [1.82, 2.24) is 5.32 Å². The maximum atomic E-state index is 13.1. The Morgan fingerprint density at radius 3 is 2.58 bits per heavy atom. The van der Waals surface area contributed by atoms with Gasteiger partial charge >= 0.3 is 0 Å². The van der Waals surface area contributed by atoms with Crippen LogP contribution in [0.1, 0.15) is 23.2 Å². The van der Waals surface area contributed by atoms with Gasteiger partial charge in [-0.05, 0) is 31.0 Å². The van der Waals surface area contributed by atoms with Gasteiger partial charge in [0.15, 0.2) is 11.6 Å². The minimum Gasteiger partial charge on any atom is -0.381 e. The van der Waals surface area contributed by atoms with Gasteiger partial charge in [-0.1, -0.05) is 15.9 Å². The van der Waals surface area contributed by atoms with Crippen LogP contribution < -0.4 is 5.32 Å². The molecule has 1 N–H and O–H groups in total. The Kier molecular flexibility index (Phi) is 4.52. The monoisotopic (exact) mass is 333 g/mol. The summed E-state index contributed by atoms with van der Waals surface area (Å²) >= 11 is 3.39. The number of amides is 1. The highest BCUT2D eigenvalue weighted by Gasteiger charge is 2.33. The van der Waals surface area contributed by atoms with Crippen molar-refractivity contribution in [3.05, 3.63) is 35.4 Å². The Balaban J connectivity index is 2.12. The number of hydrogen-bond acceptors (Lipinski definition) is 2. The zero-order chi connectivity index (χ0) is 13.9. The van der Waals surface area contributed by atoms with Gasteiger partial charge in [-0.15, -0.1) is 0 Å². The fraction of sp³-hybridized carbons (Fsp3) is 0.462. The minimum absolute atomic E-state index is 0.116. The molecule has 104 valence electrons. The molecule has 1 fully saturated rings. The molecule has 1 aromatic carbocycles. The van der Waals surface area contributed by atoms with Gasteiger partial charge < -0.3 is 10.1 Å². The van der Waals surface area contributed by atoms with Crippen LogP contribution in [0.5, 0.6) is 0 Å². The standard InChI is InChI=1S/C13H14BrF2NO2/c14-8-13(3-5-19-6-4-13)17-12(18)9-1-2-10(15)11(16)7-9/h1-2,7H,3-6,8H2,(H,17,18). The van der Waals surface area contributed by atoms with Crippen molar-refractivity contribution >= 4 is 21.8 Å². The third-order valence-electron chi connectivity index (χ3n) is 3.27. The first-order valence-corrected chi connectivity index (χ1v) is 7.10. The van der Waals surface area contributed by atoms with Gasteiger partial charge in [-0.25, -0.2) is 8.78 Å². The van der Waals surface area contributed by atoms with E-state index < -0.39 is 17.5 Å². The Morgan fingerprint density at radius 1 is 1.32 bits per heavy atom. The molecule has 2 rings (SSSR count). The maximum absolute atomic E-state index is 13.1. The molecule has 3 nitrogen and oxygen atoms in total. The van der Waals surface area contributed by atoms with E-state index >= 15 is 0 Å². The number of rotatable bonds is 3. The van der Waals surface area contributed by atoms with Gasteiger partial charge in [0.1, 0.15) is 0 Å². The summed E-state index contributed by atoms with van der Waals surface area (Å²) in [5.74, 6) is -2.38. The fourth-order valence-corrected chi connectivity index (χ4v) is 2.71. The molecule has 1 heterocycles. The summed E-state index contributed by atoms with van der Waals surface area (Å²) in [7, 11) is 0. The highest BCUT2D eigenvalue weighted by Crippen LogP contribution is 2.23. The van der Waals surface area contributed by atoms with E-state index in [0.717, 1.165) is 12.1 Å². The molecule has 0 aliphatic carbocycles. The van der Waals surface area contributed by atoms with Crippen LogP contribution in [-0.2, 0) is 4.74 Å². The number of carbonyl (C=O) groups excluding carboxylic acids is 1. The molecule has 0 radical (unpaired) electrons. The first-order chi connectivity index (χ1) is 9.06. The molecule has 1 amide bonds. The lowest BCUT2D eigenvalue weighted by atomic mass is 9.92. The zero-order valence-corrected chi connectivity index (χ0v) is 11.8. The van der Waals surface area contributed by atoms with Crippen LogP contribution in [0.4, 0.5) is 8.78 Å². The fourth-order valence-electron chi connectivity index (χ4n) is 2.00. The van der Waals surface area contributed by atoms with E-state index in [1.165, 1.54) is 6.07 Å². The number of nitrogens with one attached hydrogen (secondary N) is 1. The van der Waals surface area contributed by atoms with Gasteiger partial charge in [0.2, 0.25) is 0 Å². The Labute approximate surface area is 118 Å². The van der Waals surface area contributed by atoms with Crippen molar-refractivity contribution in [3.63, 3.8) is 0 Å². The van der Waals surface area contributed by atoms with Crippen LogP contribution in [-0.4, -0.2) is 30.0 Å². The Bertz CT molecular complexity index is 476. The van der Waals surface area contributed by atoms with Crippen LogP contribution in [0.2, 0.25) is 0 Å². The third kappa shape index (κ3) is 3.30. The number of ether oxygens (including phenoxy) is 1. The van der Waals surface area contributed by atoms with Crippen molar-refractivity contribution in [3.8, 4) is 0 Å². The summed E-state index contributed by atoms with van der Waals surface area (Å²) in [4.78, 5) is 12.1. The van der Waals surface area contributed by atoms with Gasteiger partial charge in [0.25, 0.3) is 5.91 Å². The van der Waals surface area contributed by atoms with Gasteiger partial charge in [-0.3, -0.25) is 4.79 Å². The average Bonchev–Trinajstić information content (AvgIpc) is 2.43. The first kappa shape index (κ1) is 14.4. The summed E-state index contributed by atoms with van der Waals surface area (Å²) in [6, 6.07) is 3.13. The van der Waals surface area contributed by atoms with Crippen molar-refractivity contribution in [1.29, 1.82) is 0 Å². The molecule has 0 unspecified atom stereocenters. The summed E-state index contributed by atoms with van der Waals surface area (Å²) < 4.78 is 31.2. The number of carbonyl (C=O) groups is 1. The molecule has 0 spiro atoms. The van der Waals surface area contributed by atoms with Crippen molar-refractivity contribution in [2.45, 2.75) is 18.4 Å². The quantitative estimate of drug-likeness (QED) is 0.863. The normalized spacial score (nSPS) is 18.1. The summed E-state index contributed by atoms with van der Waals surface area (Å²) in [5.41, 5.74) is -0.272. The topological polar surface area (TPSA) is 38.3 Å². The Hall–Kier alpha value is -1.01. The molecule has 1 aromatic rings. The summed E-state index contributed by atoms with van der Waals surface area (Å²) in [6.07, 6.45) is 1.38. The van der Waals surface area contributed by atoms with Crippen LogP contribution in [0.15, 0.2) is 18.2 Å². The van der Waals surface area contributed by atoms with Crippen molar-refractivity contribution in [2.24, 2.45) is 0 Å². The van der Waals surface area contributed by atoms with Crippen LogP contribution in [0.25, 0.3) is 0 Å². The maximum Gasteiger partial charge on any atom is 0.251 e. The number of halogens is 3. The highest BCUT2D eigenvalue weighted by molar-refractivity contribution is 9.09. The minimum atomic E-state index is -1.02. The molecular weight excluding hydrogens is 320 g/mol. The molecule has 1 aliphatic rings. The van der Waals surface area contributed by atoms with Crippen LogP contribution >= 0.6 is 15.9 Å². The van der Waals surface area contributed by atoms with E-state index in [0.29, 0.717) is 31.4 Å². The molecule has 0 aromatic heterocycles. The summed E-state index contributed by atoms with van der Waals surface area (Å²) in [5, 5.41) is 3.49.